The monoisotopic (exact) mass is 467 g/mol. The second-order valence-electron chi connectivity index (χ2n) is 6.67. The van der Waals surface area contributed by atoms with Gasteiger partial charge in [0.05, 0.1) is 24.2 Å². The Bertz CT molecular complexity index is 1190. The summed E-state index contributed by atoms with van der Waals surface area (Å²) in [4.78, 5) is 17.9. The SMILES string of the molecule is C#CCOc1c(C=Nn2c([C@H](C)CC)nc3ccc(Br)cc3c2=O)cccc1OC. The molecule has 0 spiro atoms. The number of para-hydroxylation sites is 1. The highest BCUT2D eigenvalue weighted by atomic mass is 79.9. The van der Waals surface area contributed by atoms with Crippen LogP contribution in [0, 0.1) is 12.3 Å². The molecule has 3 rings (SSSR count). The van der Waals surface area contributed by atoms with Crippen molar-refractivity contribution in [2.24, 2.45) is 5.10 Å². The second-order valence-corrected chi connectivity index (χ2v) is 7.59. The van der Waals surface area contributed by atoms with Crippen molar-refractivity contribution in [2.45, 2.75) is 26.2 Å². The highest BCUT2D eigenvalue weighted by Gasteiger charge is 2.16. The van der Waals surface area contributed by atoms with Gasteiger partial charge in [-0.3, -0.25) is 4.79 Å². The number of hydrogen-bond donors (Lipinski definition) is 0. The van der Waals surface area contributed by atoms with Crippen LogP contribution in [0.1, 0.15) is 37.6 Å². The number of methoxy groups -OCH3 is 1. The number of aromatic nitrogens is 2. The summed E-state index contributed by atoms with van der Waals surface area (Å²) < 4.78 is 13.2. The van der Waals surface area contributed by atoms with Crippen LogP contribution in [0.3, 0.4) is 0 Å². The van der Waals surface area contributed by atoms with Gasteiger partial charge in [-0.15, -0.1) is 6.42 Å². The number of halogens is 1. The van der Waals surface area contributed by atoms with Crippen LogP contribution in [0.5, 0.6) is 11.5 Å². The highest BCUT2D eigenvalue weighted by Crippen LogP contribution is 2.30. The molecule has 0 aliphatic carbocycles. The number of fused-ring (bicyclic) bond motifs is 1. The molecule has 3 aromatic rings. The standard InChI is InChI=1S/C23H22BrN3O3/c1-5-12-30-21-16(8-7-9-20(21)29-4)14-25-27-22(15(3)6-2)26-19-11-10-17(24)13-18(19)23(27)28/h1,7-11,13-15H,6,12H2,2-4H3/t15-/m1/s1. The lowest BCUT2D eigenvalue weighted by Crippen LogP contribution is -2.23. The summed E-state index contributed by atoms with van der Waals surface area (Å²) in [6.07, 6.45) is 7.71. The molecule has 1 aromatic heterocycles. The Morgan fingerprint density at radius 1 is 1.37 bits per heavy atom. The van der Waals surface area contributed by atoms with Crippen LogP contribution in [-0.2, 0) is 0 Å². The van der Waals surface area contributed by atoms with E-state index in [1.807, 2.05) is 38.1 Å². The first-order chi connectivity index (χ1) is 14.5. The lowest BCUT2D eigenvalue weighted by Gasteiger charge is -2.14. The van der Waals surface area contributed by atoms with Crippen LogP contribution in [0.4, 0.5) is 0 Å². The Balaban J connectivity index is 2.18. The Morgan fingerprint density at radius 2 is 2.17 bits per heavy atom. The average Bonchev–Trinajstić information content (AvgIpc) is 2.76. The minimum absolute atomic E-state index is 0.0466. The van der Waals surface area contributed by atoms with E-state index >= 15 is 0 Å². The van der Waals surface area contributed by atoms with Crippen LogP contribution in [-0.4, -0.2) is 29.6 Å². The summed E-state index contributed by atoms with van der Waals surface area (Å²) in [6.45, 7) is 4.15. The van der Waals surface area contributed by atoms with Gasteiger partial charge in [-0.2, -0.15) is 9.78 Å². The fraction of sp³-hybridized carbons (Fsp3) is 0.261. The van der Waals surface area contributed by atoms with Crippen LogP contribution in [0.2, 0.25) is 0 Å². The molecule has 7 heteroatoms. The normalized spacial score (nSPS) is 12.1. The van der Waals surface area contributed by atoms with Crippen LogP contribution < -0.4 is 15.0 Å². The van der Waals surface area contributed by atoms with E-state index < -0.39 is 0 Å². The number of ether oxygens (including phenoxy) is 2. The second kappa shape index (κ2) is 9.59. The first-order valence-corrected chi connectivity index (χ1v) is 10.3. The molecule has 0 saturated carbocycles. The molecule has 1 atom stereocenters. The van der Waals surface area contributed by atoms with Crippen molar-refractivity contribution in [3.63, 3.8) is 0 Å². The van der Waals surface area contributed by atoms with Gasteiger partial charge in [-0.25, -0.2) is 4.98 Å². The van der Waals surface area contributed by atoms with E-state index in [1.165, 1.54) is 4.68 Å². The van der Waals surface area contributed by atoms with E-state index in [1.54, 1.807) is 25.5 Å². The molecule has 0 unspecified atom stereocenters. The maximum atomic E-state index is 13.2. The van der Waals surface area contributed by atoms with Gasteiger partial charge in [-0.05, 0) is 36.8 Å². The molecule has 0 amide bonds. The summed E-state index contributed by atoms with van der Waals surface area (Å²) in [5.74, 6) is 4.09. The first-order valence-electron chi connectivity index (χ1n) is 9.50. The van der Waals surface area contributed by atoms with Crippen molar-refractivity contribution in [1.29, 1.82) is 0 Å². The molecule has 0 N–H and O–H groups in total. The molecule has 6 nitrogen and oxygen atoms in total. The lowest BCUT2D eigenvalue weighted by molar-refractivity contribution is 0.330. The number of nitrogens with zero attached hydrogens (tertiary/aromatic N) is 3. The Morgan fingerprint density at radius 3 is 2.87 bits per heavy atom. The molecular weight excluding hydrogens is 446 g/mol. The van der Waals surface area contributed by atoms with Gasteiger partial charge in [0.2, 0.25) is 0 Å². The lowest BCUT2D eigenvalue weighted by atomic mass is 10.1. The molecule has 0 bridgehead atoms. The third-order valence-corrected chi connectivity index (χ3v) is 5.22. The molecule has 0 aliphatic heterocycles. The largest absolute Gasteiger partial charge is 0.493 e. The summed E-state index contributed by atoms with van der Waals surface area (Å²) in [6, 6.07) is 10.9. The maximum absolute atomic E-state index is 13.2. The molecule has 0 radical (unpaired) electrons. The smallest absolute Gasteiger partial charge is 0.282 e. The van der Waals surface area contributed by atoms with Crippen LogP contribution in [0.15, 0.2) is 50.8 Å². The summed E-state index contributed by atoms with van der Waals surface area (Å²) in [7, 11) is 1.55. The third kappa shape index (κ3) is 4.39. The number of benzene rings is 2. The third-order valence-electron chi connectivity index (χ3n) is 4.73. The van der Waals surface area contributed by atoms with Crippen LogP contribution in [0.25, 0.3) is 10.9 Å². The Labute approximate surface area is 183 Å². The summed E-state index contributed by atoms with van der Waals surface area (Å²) in [5.41, 5.74) is 1.05. The maximum Gasteiger partial charge on any atom is 0.282 e. The van der Waals surface area contributed by atoms with E-state index in [2.05, 4.69) is 27.0 Å². The molecule has 0 fully saturated rings. The minimum atomic E-state index is -0.234. The first kappa shape index (κ1) is 21.6. The van der Waals surface area contributed by atoms with Crippen molar-refractivity contribution in [3.05, 3.63) is 62.6 Å². The number of hydrogen-bond acceptors (Lipinski definition) is 5. The fourth-order valence-electron chi connectivity index (χ4n) is 2.96. The van der Waals surface area contributed by atoms with E-state index in [9.17, 15) is 4.79 Å². The van der Waals surface area contributed by atoms with Crippen LogP contribution >= 0.6 is 15.9 Å². The van der Waals surface area contributed by atoms with Gasteiger partial charge >= 0.3 is 0 Å². The average molecular weight is 468 g/mol. The summed E-state index contributed by atoms with van der Waals surface area (Å²) >= 11 is 3.42. The molecule has 0 saturated heterocycles. The summed E-state index contributed by atoms with van der Waals surface area (Å²) in [5, 5.41) is 4.97. The van der Waals surface area contributed by atoms with Gasteiger partial charge < -0.3 is 9.47 Å². The zero-order valence-electron chi connectivity index (χ0n) is 17.1. The van der Waals surface area contributed by atoms with Crippen molar-refractivity contribution >= 4 is 33.0 Å². The zero-order valence-corrected chi connectivity index (χ0v) is 18.6. The number of rotatable bonds is 7. The number of terminal acetylenes is 1. The van der Waals surface area contributed by atoms with E-state index in [-0.39, 0.29) is 18.1 Å². The zero-order chi connectivity index (χ0) is 21.7. The molecule has 154 valence electrons. The molecular formula is C23H22BrN3O3. The fourth-order valence-corrected chi connectivity index (χ4v) is 3.32. The van der Waals surface area contributed by atoms with Crippen molar-refractivity contribution in [3.8, 4) is 23.8 Å². The molecule has 1 heterocycles. The minimum Gasteiger partial charge on any atom is -0.493 e. The molecule has 2 aromatic carbocycles. The predicted octanol–water partition coefficient (Wildman–Crippen LogP) is 4.58. The quantitative estimate of drug-likeness (QED) is 0.376. The van der Waals surface area contributed by atoms with Crippen molar-refractivity contribution < 1.29 is 9.47 Å². The van der Waals surface area contributed by atoms with E-state index in [0.29, 0.717) is 33.8 Å². The molecule has 30 heavy (non-hydrogen) atoms. The topological polar surface area (TPSA) is 65.7 Å². The van der Waals surface area contributed by atoms with Crippen molar-refractivity contribution in [2.75, 3.05) is 13.7 Å². The van der Waals surface area contributed by atoms with E-state index in [4.69, 9.17) is 20.9 Å². The van der Waals surface area contributed by atoms with E-state index in [0.717, 1.165) is 10.9 Å². The van der Waals surface area contributed by atoms with Gasteiger partial charge in [0, 0.05) is 16.0 Å². The van der Waals surface area contributed by atoms with Gasteiger partial charge in [0.1, 0.15) is 12.4 Å². The highest BCUT2D eigenvalue weighted by molar-refractivity contribution is 9.10. The Kier molecular flexibility index (Phi) is 6.91. The van der Waals surface area contributed by atoms with Crippen molar-refractivity contribution in [1.82, 2.24) is 9.66 Å². The molecule has 0 aliphatic rings. The van der Waals surface area contributed by atoms with Gasteiger partial charge in [0.15, 0.2) is 11.5 Å². The Hall–Kier alpha value is -3.11. The predicted molar refractivity (Wildman–Crippen MR) is 123 cm³/mol. The van der Waals surface area contributed by atoms with Gasteiger partial charge in [-0.1, -0.05) is 41.8 Å². The van der Waals surface area contributed by atoms with Gasteiger partial charge in [0.25, 0.3) is 5.56 Å².